The second-order valence-electron chi connectivity index (χ2n) is 4.94. The molecule has 1 aliphatic heterocycles. The zero-order valence-electron chi connectivity index (χ0n) is 12.0. The summed E-state index contributed by atoms with van der Waals surface area (Å²) in [6, 6.07) is 7.84. The third-order valence-corrected chi connectivity index (χ3v) is 3.56. The number of carbonyl (C=O) groups is 3. The molecule has 8 nitrogen and oxygen atoms in total. The van der Waals surface area contributed by atoms with Crippen LogP contribution in [0.2, 0.25) is 0 Å². The highest BCUT2D eigenvalue weighted by atomic mass is 16.7. The van der Waals surface area contributed by atoms with E-state index in [1.807, 2.05) is 0 Å². The Morgan fingerprint density at radius 3 is 2.42 bits per heavy atom. The first-order chi connectivity index (χ1) is 11.7. The van der Waals surface area contributed by atoms with Crippen LogP contribution in [0.25, 0.3) is 10.9 Å². The van der Waals surface area contributed by atoms with Gasteiger partial charge in [-0.05, 0) is 18.2 Å². The van der Waals surface area contributed by atoms with Crippen LogP contribution in [0, 0.1) is 0 Å². The first kappa shape index (κ1) is 13.9. The Hall–Kier alpha value is -3.68. The van der Waals surface area contributed by atoms with Gasteiger partial charge in [-0.1, -0.05) is 17.2 Å². The molecule has 0 unspecified atom stereocenters. The number of hydrogen-bond acceptors (Lipinski definition) is 7. The van der Waals surface area contributed by atoms with E-state index in [0.29, 0.717) is 16.0 Å². The first-order valence-corrected chi connectivity index (χ1v) is 6.91. The molecule has 0 bridgehead atoms. The number of nitrogens with zero attached hydrogens (tertiary/aromatic N) is 4. The van der Waals surface area contributed by atoms with Gasteiger partial charge in [0.2, 0.25) is 0 Å². The van der Waals surface area contributed by atoms with Crippen molar-refractivity contribution in [3.05, 3.63) is 65.9 Å². The van der Waals surface area contributed by atoms with E-state index in [-0.39, 0.29) is 16.8 Å². The highest BCUT2D eigenvalue weighted by Gasteiger charge is 2.39. The molecule has 3 aromatic rings. The molecular formula is C16H8N4O4. The average Bonchev–Trinajstić information content (AvgIpc) is 2.86. The summed E-state index contributed by atoms with van der Waals surface area (Å²) in [7, 11) is 0. The van der Waals surface area contributed by atoms with Crippen molar-refractivity contribution in [3.8, 4) is 0 Å². The van der Waals surface area contributed by atoms with Crippen LogP contribution in [-0.4, -0.2) is 37.8 Å². The van der Waals surface area contributed by atoms with Gasteiger partial charge in [0.25, 0.3) is 11.8 Å². The summed E-state index contributed by atoms with van der Waals surface area (Å²) in [4.78, 5) is 53.6. The van der Waals surface area contributed by atoms with E-state index in [1.165, 1.54) is 30.9 Å². The van der Waals surface area contributed by atoms with Gasteiger partial charge in [0, 0.05) is 12.4 Å². The molecule has 0 fully saturated rings. The van der Waals surface area contributed by atoms with Gasteiger partial charge < -0.3 is 4.84 Å². The number of benzene rings is 1. The Kier molecular flexibility index (Phi) is 3.02. The molecule has 3 heterocycles. The molecule has 116 valence electrons. The lowest BCUT2D eigenvalue weighted by atomic mass is 10.1. The number of imide groups is 1. The number of rotatable bonds is 2. The molecule has 0 atom stereocenters. The first-order valence-electron chi connectivity index (χ1n) is 6.91. The molecule has 0 radical (unpaired) electrons. The van der Waals surface area contributed by atoms with Gasteiger partial charge in [-0.3, -0.25) is 9.59 Å². The van der Waals surface area contributed by atoms with Crippen molar-refractivity contribution in [2.24, 2.45) is 0 Å². The Morgan fingerprint density at radius 1 is 1.00 bits per heavy atom. The second-order valence-corrected chi connectivity index (χ2v) is 4.94. The van der Waals surface area contributed by atoms with E-state index in [0.717, 1.165) is 0 Å². The molecule has 0 aliphatic carbocycles. The standard InChI is InChI=1S/C16H8N4O4/c21-14-9-3-1-2-4-10(9)15(22)20(14)24-16(23)13-11-7-17-8-19-12(11)5-6-18-13/h1-8H. The molecule has 2 aromatic heterocycles. The minimum atomic E-state index is -0.940. The normalized spacial score (nSPS) is 13.2. The van der Waals surface area contributed by atoms with Gasteiger partial charge in [-0.2, -0.15) is 0 Å². The summed E-state index contributed by atoms with van der Waals surface area (Å²) in [6.45, 7) is 0. The second kappa shape index (κ2) is 5.20. The topological polar surface area (TPSA) is 102 Å². The third-order valence-electron chi connectivity index (χ3n) is 3.56. The van der Waals surface area contributed by atoms with Gasteiger partial charge in [0.1, 0.15) is 6.33 Å². The SMILES string of the molecule is O=C(ON1C(=O)c2ccccc2C1=O)c1nccc2ncncc12. The maximum Gasteiger partial charge on any atom is 0.382 e. The highest BCUT2D eigenvalue weighted by Crippen LogP contribution is 2.24. The minimum absolute atomic E-state index is 0.0790. The lowest BCUT2D eigenvalue weighted by Gasteiger charge is -2.12. The maximum atomic E-state index is 12.4. The summed E-state index contributed by atoms with van der Waals surface area (Å²) in [5.41, 5.74) is 0.785. The Labute approximate surface area is 134 Å². The van der Waals surface area contributed by atoms with Gasteiger partial charge >= 0.3 is 5.97 Å². The number of pyridine rings is 1. The van der Waals surface area contributed by atoms with Crippen molar-refractivity contribution in [2.75, 3.05) is 0 Å². The number of carbonyl (C=O) groups excluding carboxylic acids is 3. The maximum absolute atomic E-state index is 12.4. The van der Waals surface area contributed by atoms with Crippen LogP contribution in [0.1, 0.15) is 31.2 Å². The third kappa shape index (κ3) is 2.01. The van der Waals surface area contributed by atoms with Crippen molar-refractivity contribution >= 4 is 28.7 Å². The molecule has 1 aliphatic rings. The fraction of sp³-hybridized carbons (Fsp3) is 0. The fourth-order valence-corrected chi connectivity index (χ4v) is 2.45. The van der Waals surface area contributed by atoms with Crippen LogP contribution in [0.4, 0.5) is 0 Å². The number of fused-ring (bicyclic) bond motifs is 2. The largest absolute Gasteiger partial charge is 0.382 e. The van der Waals surface area contributed by atoms with Crippen molar-refractivity contribution in [1.82, 2.24) is 20.0 Å². The summed E-state index contributed by atoms with van der Waals surface area (Å²) in [5.74, 6) is -2.33. The van der Waals surface area contributed by atoms with Gasteiger partial charge in [-0.25, -0.2) is 19.7 Å². The summed E-state index contributed by atoms with van der Waals surface area (Å²) in [6.07, 6.45) is 4.13. The molecule has 0 saturated heterocycles. The van der Waals surface area contributed by atoms with Crippen LogP contribution in [0.15, 0.2) is 49.1 Å². The van der Waals surface area contributed by atoms with Crippen LogP contribution in [-0.2, 0) is 4.84 Å². The van der Waals surface area contributed by atoms with Crippen LogP contribution >= 0.6 is 0 Å². The molecule has 24 heavy (non-hydrogen) atoms. The molecule has 0 N–H and O–H groups in total. The quantitative estimate of drug-likeness (QED) is 0.657. The molecule has 8 heteroatoms. The fourth-order valence-electron chi connectivity index (χ4n) is 2.45. The van der Waals surface area contributed by atoms with E-state index in [9.17, 15) is 14.4 Å². The predicted octanol–water partition coefficient (Wildman–Crippen LogP) is 1.39. The lowest BCUT2D eigenvalue weighted by molar-refractivity contribution is -0.0587. The lowest BCUT2D eigenvalue weighted by Crippen LogP contribution is -2.33. The summed E-state index contributed by atoms with van der Waals surface area (Å²) in [5, 5.41) is 0.804. The van der Waals surface area contributed by atoms with Crippen molar-refractivity contribution in [1.29, 1.82) is 0 Å². The molecule has 1 aromatic carbocycles. The highest BCUT2D eigenvalue weighted by molar-refractivity contribution is 6.21. The van der Waals surface area contributed by atoms with E-state index in [2.05, 4.69) is 15.0 Å². The molecular weight excluding hydrogens is 312 g/mol. The predicted molar refractivity (Wildman–Crippen MR) is 79.7 cm³/mol. The van der Waals surface area contributed by atoms with Crippen LogP contribution in [0.3, 0.4) is 0 Å². The average molecular weight is 320 g/mol. The minimum Gasteiger partial charge on any atom is -0.322 e. The van der Waals surface area contributed by atoms with E-state index in [4.69, 9.17) is 4.84 Å². The van der Waals surface area contributed by atoms with Crippen LogP contribution < -0.4 is 0 Å². The van der Waals surface area contributed by atoms with Crippen molar-refractivity contribution < 1.29 is 19.2 Å². The van der Waals surface area contributed by atoms with Gasteiger partial charge in [0.15, 0.2) is 5.69 Å². The zero-order valence-corrected chi connectivity index (χ0v) is 12.0. The number of hydroxylamine groups is 2. The Balaban J connectivity index is 1.68. The van der Waals surface area contributed by atoms with Crippen molar-refractivity contribution in [2.45, 2.75) is 0 Å². The Morgan fingerprint density at radius 2 is 1.71 bits per heavy atom. The van der Waals surface area contributed by atoms with E-state index < -0.39 is 17.8 Å². The van der Waals surface area contributed by atoms with Crippen molar-refractivity contribution in [3.63, 3.8) is 0 Å². The van der Waals surface area contributed by atoms with E-state index in [1.54, 1.807) is 18.2 Å². The van der Waals surface area contributed by atoms with Crippen LogP contribution in [0.5, 0.6) is 0 Å². The van der Waals surface area contributed by atoms with Gasteiger partial charge in [-0.15, -0.1) is 0 Å². The Bertz CT molecular complexity index is 977. The number of amides is 2. The smallest absolute Gasteiger partial charge is 0.322 e. The summed E-state index contributed by atoms with van der Waals surface area (Å²) < 4.78 is 0. The molecule has 0 saturated carbocycles. The van der Waals surface area contributed by atoms with E-state index >= 15 is 0 Å². The number of aromatic nitrogens is 3. The summed E-state index contributed by atoms with van der Waals surface area (Å²) >= 11 is 0. The molecule has 4 rings (SSSR count). The van der Waals surface area contributed by atoms with Gasteiger partial charge in [0.05, 0.1) is 22.0 Å². The molecule has 0 spiro atoms. The monoisotopic (exact) mass is 320 g/mol. The zero-order chi connectivity index (χ0) is 16.7. The number of hydrogen-bond donors (Lipinski definition) is 0. The molecule has 2 amide bonds.